The Kier molecular flexibility index (Phi) is 4.91. The molecule has 5 nitrogen and oxygen atoms in total. The smallest absolute Gasteiger partial charge is 0.249 e. The van der Waals surface area contributed by atoms with Crippen molar-refractivity contribution in [3.63, 3.8) is 0 Å². The third kappa shape index (κ3) is 3.23. The Morgan fingerprint density at radius 1 is 1.29 bits per heavy atom. The van der Waals surface area contributed by atoms with Crippen LogP contribution in [0.15, 0.2) is 0 Å². The van der Waals surface area contributed by atoms with E-state index in [0.717, 1.165) is 38.6 Å². The first-order valence-electron chi connectivity index (χ1n) is 8.15. The van der Waals surface area contributed by atoms with Gasteiger partial charge in [-0.1, -0.05) is 26.7 Å². The second kappa shape index (κ2) is 6.34. The molecule has 21 heavy (non-hydrogen) atoms. The fourth-order valence-corrected chi connectivity index (χ4v) is 3.68. The van der Waals surface area contributed by atoms with E-state index in [1.807, 2.05) is 32.8 Å². The number of hydrogen-bond donors (Lipinski definition) is 1. The van der Waals surface area contributed by atoms with Gasteiger partial charge in [-0.3, -0.25) is 9.59 Å². The quantitative estimate of drug-likeness (QED) is 0.830. The average Bonchev–Trinajstić information content (AvgIpc) is 2.83. The predicted octanol–water partition coefficient (Wildman–Crippen LogP) is 1.23. The standard InChI is InChI=1S/C16H29N3O2/c1-12(2)13-14(20)17-16(8-5-6-9-16)15(21)19(13)11-7-10-18(3)4/h12-13H,5-11H2,1-4H3,(H,17,20). The Hall–Kier alpha value is -1.10. The van der Waals surface area contributed by atoms with Crippen molar-refractivity contribution in [2.24, 2.45) is 5.92 Å². The Morgan fingerprint density at radius 2 is 1.90 bits per heavy atom. The van der Waals surface area contributed by atoms with E-state index >= 15 is 0 Å². The summed E-state index contributed by atoms with van der Waals surface area (Å²) in [5, 5.41) is 3.06. The number of amides is 2. The van der Waals surface area contributed by atoms with E-state index in [1.54, 1.807) is 0 Å². The Balaban J connectivity index is 2.16. The lowest BCUT2D eigenvalue weighted by Gasteiger charge is -2.46. The van der Waals surface area contributed by atoms with Crippen LogP contribution in [-0.2, 0) is 9.59 Å². The van der Waals surface area contributed by atoms with Gasteiger partial charge in [0.25, 0.3) is 0 Å². The zero-order valence-corrected chi connectivity index (χ0v) is 13.8. The minimum atomic E-state index is -0.597. The zero-order chi connectivity index (χ0) is 15.6. The molecule has 1 heterocycles. The molecule has 1 aliphatic carbocycles. The third-order valence-electron chi connectivity index (χ3n) is 4.73. The van der Waals surface area contributed by atoms with E-state index < -0.39 is 5.54 Å². The molecule has 2 amide bonds. The minimum absolute atomic E-state index is 0.0383. The fourth-order valence-electron chi connectivity index (χ4n) is 3.68. The van der Waals surface area contributed by atoms with Crippen LogP contribution in [0.2, 0.25) is 0 Å². The maximum Gasteiger partial charge on any atom is 0.249 e. The largest absolute Gasteiger partial charge is 0.340 e. The van der Waals surface area contributed by atoms with Crippen LogP contribution in [-0.4, -0.2) is 60.4 Å². The number of nitrogens with zero attached hydrogens (tertiary/aromatic N) is 2. The lowest BCUT2D eigenvalue weighted by molar-refractivity contribution is -0.156. The highest BCUT2D eigenvalue weighted by Gasteiger charge is 2.52. The molecule has 0 aromatic heterocycles. The van der Waals surface area contributed by atoms with Crippen LogP contribution >= 0.6 is 0 Å². The van der Waals surface area contributed by atoms with Gasteiger partial charge in [0.15, 0.2) is 0 Å². The monoisotopic (exact) mass is 295 g/mol. The summed E-state index contributed by atoms with van der Waals surface area (Å²) in [4.78, 5) is 29.5. The van der Waals surface area contributed by atoms with Gasteiger partial charge in [-0.25, -0.2) is 0 Å². The van der Waals surface area contributed by atoms with Crippen molar-refractivity contribution >= 4 is 11.8 Å². The molecule has 2 fully saturated rings. The van der Waals surface area contributed by atoms with Crippen LogP contribution in [0.4, 0.5) is 0 Å². The van der Waals surface area contributed by atoms with Crippen molar-refractivity contribution < 1.29 is 9.59 Å². The molecule has 0 aromatic rings. The predicted molar refractivity (Wildman–Crippen MR) is 82.9 cm³/mol. The first-order valence-corrected chi connectivity index (χ1v) is 8.15. The van der Waals surface area contributed by atoms with Gasteiger partial charge in [0, 0.05) is 6.54 Å². The van der Waals surface area contributed by atoms with Crippen LogP contribution in [0.3, 0.4) is 0 Å². The Morgan fingerprint density at radius 3 is 2.43 bits per heavy atom. The number of carbonyl (C=O) groups is 2. The maximum atomic E-state index is 13.0. The van der Waals surface area contributed by atoms with Crippen LogP contribution in [0.25, 0.3) is 0 Å². The number of carbonyl (C=O) groups excluding carboxylic acids is 2. The molecular weight excluding hydrogens is 266 g/mol. The Labute approximate surface area is 128 Å². The summed E-state index contributed by atoms with van der Waals surface area (Å²) in [6.07, 6.45) is 4.57. The molecule has 0 bridgehead atoms. The zero-order valence-electron chi connectivity index (χ0n) is 13.8. The molecule has 0 aromatic carbocycles. The lowest BCUT2D eigenvalue weighted by atomic mass is 9.87. The number of rotatable bonds is 5. The van der Waals surface area contributed by atoms with Gasteiger partial charge < -0.3 is 15.1 Å². The first kappa shape index (κ1) is 16.3. The highest BCUT2D eigenvalue weighted by molar-refractivity contribution is 6.00. The molecule has 1 saturated carbocycles. The summed E-state index contributed by atoms with van der Waals surface area (Å²) in [6, 6.07) is -0.314. The molecule has 1 aliphatic heterocycles. The van der Waals surface area contributed by atoms with E-state index in [2.05, 4.69) is 10.2 Å². The van der Waals surface area contributed by atoms with Crippen molar-refractivity contribution in [3.05, 3.63) is 0 Å². The molecule has 1 spiro atoms. The summed E-state index contributed by atoms with van der Waals surface area (Å²) in [5.74, 6) is 0.334. The Bertz CT molecular complexity index is 400. The van der Waals surface area contributed by atoms with Gasteiger partial charge in [0.1, 0.15) is 11.6 Å². The SMILES string of the molecule is CC(C)C1C(=O)NC2(CCCC2)C(=O)N1CCCN(C)C. The molecule has 1 N–H and O–H groups in total. The summed E-state index contributed by atoms with van der Waals surface area (Å²) < 4.78 is 0. The topological polar surface area (TPSA) is 52.7 Å². The number of hydrogen-bond acceptors (Lipinski definition) is 3. The molecule has 2 aliphatic rings. The van der Waals surface area contributed by atoms with Crippen molar-refractivity contribution in [1.29, 1.82) is 0 Å². The van der Waals surface area contributed by atoms with E-state index in [-0.39, 0.29) is 23.8 Å². The molecule has 5 heteroatoms. The van der Waals surface area contributed by atoms with Crippen LogP contribution in [0.1, 0.15) is 46.0 Å². The fraction of sp³-hybridized carbons (Fsp3) is 0.875. The normalized spacial score (nSPS) is 25.2. The second-order valence-electron chi connectivity index (χ2n) is 7.12. The maximum absolute atomic E-state index is 13.0. The summed E-state index contributed by atoms with van der Waals surface area (Å²) in [5.41, 5.74) is -0.597. The highest BCUT2D eigenvalue weighted by Crippen LogP contribution is 2.35. The van der Waals surface area contributed by atoms with Crippen molar-refractivity contribution in [2.45, 2.75) is 57.5 Å². The van der Waals surface area contributed by atoms with Crippen LogP contribution in [0.5, 0.6) is 0 Å². The summed E-state index contributed by atoms with van der Waals surface area (Å²) in [6.45, 7) is 5.64. The van der Waals surface area contributed by atoms with Gasteiger partial charge in [0.05, 0.1) is 0 Å². The van der Waals surface area contributed by atoms with Crippen LogP contribution < -0.4 is 5.32 Å². The van der Waals surface area contributed by atoms with Crippen molar-refractivity contribution in [1.82, 2.24) is 15.1 Å². The summed E-state index contributed by atoms with van der Waals surface area (Å²) >= 11 is 0. The average molecular weight is 295 g/mol. The van der Waals surface area contributed by atoms with Crippen LogP contribution in [0, 0.1) is 5.92 Å². The minimum Gasteiger partial charge on any atom is -0.340 e. The molecule has 1 atom stereocenters. The van der Waals surface area contributed by atoms with Gasteiger partial charge in [0.2, 0.25) is 11.8 Å². The van der Waals surface area contributed by atoms with Crippen molar-refractivity contribution in [2.75, 3.05) is 27.2 Å². The third-order valence-corrected chi connectivity index (χ3v) is 4.73. The summed E-state index contributed by atoms with van der Waals surface area (Å²) in [7, 11) is 4.06. The molecule has 120 valence electrons. The highest BCUT2D eigenvalue weighted by atomic mass is 16.2. The van der Waals surface area contributed by atoms with E-state index in [1.165, 1.54) is 0 Å². The molecule has 0 radical (unpaired) electrons. The molecule has 2 rings (SSSR count). The van der Waals surface area contributed by atoms with Crippen molar-refractivity contribution in [3.8, 4) is 0 Å². The van der Waals surface area contributed by atoms with E-state index in [4.69, 9.17) is 0 Å². The molecule has 1 saturated heterocycles. The number of piperazine rings is 1. The molecule has 1 unspecified atom stereocenters. The first-order chi connectivity index (χ1) is 9.87. The van der Waals surface area contributed by atoms with Gasteiger partial charge >= 0.3 is 0 Å². The van der Waals surface area contributed by atoms with Gasteiger partial charge in [-0.15, -0.1) is 0 Å². The number of nitrogens with one attached hydrogen (secondary N) is 1. The molecular formula is C16H29N3O2. The van der Waals surface area contributed by atoms with Gasteiger partial charge in [-0.05, 0) is 45.8 Å². The van der Waals surface area contributed by atoms with Gasteiger partial charge in [-0.2, -0.15) is 0 Å². The van der Waals surface area contributed by atoms with E-state index in [9.17, 15) is 9.59 Å². The second-order valence-corrected chi connectivity index (χ2v) is 7.12. The van der Waals surface area contributed by atoms with E-state index in [0.29, 0.717) is 6.54 Å². The lowest BCUT2D eigenvalue weighted by Crippen LogP contribution is -2.70.